The molecule has 0 aromatic heterocycles. The lowest BCUT2D eigenvalue weighted by Crippen LogP contribution is -2.49. The molecule has 2 atom stereocenters. The van der Waals surface area contributed by atoms with Gasteiger partial charge in [0, 0.05) is 6.92 Å². The fourth-order valence-corrected chi connectivity index (χ4v) is 1.26. The van der Waals surface area contributed by atoms with Crippen molar-refractivity contribution in [2.75, 3.05) is 13.2 Å². The van der Waals surface area contributed by atoms with Crippen molar-refractivity contribution in [2.24, 2.45) is 0 Å². The summed E-state index contributed by atoms with van der Waals surface area (Å²) in [4.78, 5) is 33.3. The molecule has 0 spiro atoms. The van der Waals surface area contributed by atoms with Gasteiger partial charge in [-0.15, -0.1) is 0 Å². The largest absolute Gasteiger partial charge is 0.371 e. The zero-order valence-corrected chi connectivity index (χ0v) is 8.70. The van der Waals surface area contributed by atoms with Crippen molar-refractivity contribution in [3.8, 4) is 0 Å². The molecular formula is C9H14N2O4. The maximum absolute atomic E-state index is 11.4. The Morgan fingerprint density at radius 3 is 2.67 bits per heavy atom. The van der Waals surface area contributed by atoms with Gasteiger partial charge in [-0.25, -0.2) is 0 Å². The van der Waals surface area contributed by atoms with Gasteiger partial charge in [-0.05, 0) is 6.92 Å². The topological polar surface area (TPSA) is 84.5 Å². The van der Waals surface area contributed by atoms with E-state index in [0.717, 1.165) is 0 Å². The predicted octanol–water partition coefficient (Wildman–Crippen LogP) is -1.40. The number of rotatable bonds is 3. The number of Topliss-reactive ketones (excluding diaryl/α,β-unsaturated/α-hetero) is 1. The van der Waals surface area contributed by atoms with Crippen molar-refractivity contribution in [1.29, 1.82) is 0 Å². The standard InChI is InChI=1S/C9H14N2O4/c1-5(10-6(2)12)9(14)11-7-3-15-4-8(7)13/h5,7H,3-4H2,1-2H3,(H,10,12)(H,11,14). The molecule has 1 heterocycles. The van der Waals surface area contributed by atoms with Crippen LogP contribution in [0.2, 0.25) is 0 Å². The van der Waals surface area contributed by atoms with E-state index in [-0.39, 0.29) is 30.8 Å². The Balaban J connectivity index is 2.40. The molecular weight excluding hydrogens is 200 g/mol. The normalized spacial score (nSPS) is 22.3. The second-order valence-electron chi connectivity index (χ2n) is 3.46. The van der Waals surface area contributed by atoms with Gasteiger partial charge in [0.15, 0.2) is 5.78 Å². The van der Waals surface area contributed by atoms with Gasteiger partial charge in [0.25, 0.3) is 0 Å². The van der Waals surface area contributed by atoms with Crippen molar-refractivity contribution in [3.05, 3.63) is 0 Å². The molecule has 0 saturated carbocycles. The summed E-state index contributed by atoms with van der Waals surface area (Å²) in [5.74, 6) is -0.806. The van der Waals surface area contributed by atoms with E-state index in [2.05, 4.69) is 10.6 Å². The molecule has 0 aliphatic carbocycles. The highest BCUT2D eigenvalue weighted by Crippen LogP contribution is 1.99. The smallest absolute Gasteiger partial charge is 0.242 e. The van der Waals surface area contributed by atoms with Crippen LogP contribution < -0.4 is 10.6 Å². The number of hydrogen-bond donors (Lipinski definition) is 2. The monoisotopic (exact) mass is 214 g/mol. The van der Waals surface area contributed by atoms with Gasteiger partial charge in [0.05, 0.1) is 6.61 Å². The third kappa shape index (κ3) is 3.32. The van der Waals surface area contributed by atoms with E-state index < -0.39 is 12.1 Å². The molecule has 2 amide bonds. The van der Waals surface area contributed by atoms with E-state index in [0.29, 0.717) is 0 Å². The van der Waals surface area contributed by atoms with E-state index in [1.165, 1.54) is 6.92 Å². The van der Waals surface area contributed by atoms with Crippen molar-refractivity contribution < 1.29 is 19.1 Å². The molecule has 6 heteroatoms. The van der Waals surface area contributed by atoms with Crippen molar-refractivity contribution >= 4 is 17.6 Å². The van der Waals surface area contributed by atoms with E-state index in [4.69, 9.17) is 4.74 Å². The van der Waals surface area contributed by atoms with Crippen LogP contribution in [0.1, 0.15) is 13.8 Å². The van der Waals surface area contributed by atoms with Gasteiger partial charge in [-0.2, -0.15) is 0 Å². The fourth-order valence-electron chi connectivity index (χ4n) is 1.26. The average molecular weight is 214 g/mol. The first-order valence-electron chi connectivity index (χ1n) is 4.68. The summed E-state index contributed by atoms with van der Waals surface area (Å²) in [6.07, 6.45) is 0. The molecule has 0 radical (unpaired) electrons. The molecule has 1 aliphatic heterocycles. The Morgan fingerprint density at radius 2 is 2.20 bits per heavy atom. The molecule has 2 unspecified atom stereocenters. The van der Waals surface area contributed by atoms with Crippen LogP contribution in [-0.4, -0.2) is 42.9 Å². The predicted molar refractivity (Wildman–Crippen MR) is 51.0 cm³/mol. The Morgan fingerprint density at radius 1 is 1.53 bits per heavy atom. The Kier molecular flexibility index (Phi) is 3.79. The van der Waals surface area contributed by atoms with Crippen molar-refractivity contribution in [2.45, 2.75) is 25.9 Å². The summed E-state index contributed by atoms with van der Waals surface area (Å²) < 4.78 is 4.88. The molecule has 2 N–H and O–H groups in total. The molecule has 1 saturated heterocycles. The van der Waals surface area contributed by atoms with Crippen LogP contribution in [-0.2, 0) is 19.1 Å². The SMILES string of the molecule is CC(=O)NC(C)C(=O)NC1COCC1=O. The minimum absolute atomic E-state index is 0.0411. The van der Waals surface area contributed by atoms with Crippen LogP contribution in [0.4, 0.5) is 0 Å². The zero-order chi connectivity index (χ0) is 11.4. The van der Waals surface area contributed by atoms with Crippen molar-refractivity contribution in [1.82, 2.24) is 10.6 Å². The number of carbonyl (C=O) groups is 3. The second-order valence-corrected chi connectivity index (χ2v) is 3.46. The third-order valence-electron chi connectivity index (χ3n) is 2.05. The van der Waals surface area contributed by atoms with Crippen molar-refractivity contribution in [3.63, 3.8) is 0 Å². The molecule has 84 valence electrons. The number of amides is 2. The first-order chi connectivity index (χ1) is 7.00. The number of hydrogen-bond acceptors (Lipinski definition) is 4. The maximum Gasteiger partial charge on any atom is 0.242 e. The zero-order valence-electron chi connectivity index (χ0n) is 8.70. The Hall–Kier alpha value is -1.43. The molecule has 6 nitrogen and oxygen atoms in total. The second kappa shape index (κ2) is 4.88. The third-order valence-corrected chi connectivity index (χ3v) is 2.05. The Labute approximate surface area is 87.4 Å². The highest BCUT2D eigenvalue weighted by atomic mass is 16.5. The number of nitrogens with one attached hydrogen (secondary N) is 2. The van der Waals surface area contributed by atoms with Gasteiger partial charge in [0.2, 0.25) is 11.8 Å². The quantitative estimate of drug-likeness (QED) is 0.605. The van der Waals surface area contributed by atoms with Crippen LogP contribution in [0.25, 0.3) is 0 Å². The molecule has 1 fully saturated rings. The molecule has 0 bridgehead atoms. The van der Waals surface area contributed by atoms with Gasteiger partial charge < -0.3 is 15.4 Å². The van der Waals surface area contributed by atoms with Gasteiger partial charge in [-0.1, -0.05) is 0 Å². The summed E-state index contributed by atoms with van der Waals surface area (Å²) >= 11 is 0. The minimum Gasteiger partial charge on any atom is -0.371 e. The first kappa shape index (κ1) is 11.6. The van der Waals surface area contributed by atoms with Crippen LogP contribution in [0.15, 0.2) is 0 Å². The summed E-state index contributed by atoms with van der Waals surface area (Å²) in [6, 6.07) is -1.22. The summed E-state index contributed by atoms with van der Waals surface area (Å²) in [5.41, 5.74) is 0. The van der Waals surface area contributed by atoms with Gasteiger partial charge >= 0.3 is 0 Å². The van der Waals surface area contributed by atoms with E-state index in [1.54, 1.807) is 6.92 Å². The average Bonchev–Trinajstić information content (AvgIpc) is 2.50. The fraction of sp³-hybridized carbons (Fsp3) is 0.667. The highest BCUT2D eigenvalue weighted by Gasteiger charge is 2.28. The Bertz CT molecular complexity index is 290. The molecule has 0 aromatic rings. The van der Waals surface area contributed by atoms with Gasteiger partial charge in [0.1, 0.15) is 18.7 Å². The van der Waals surface area contributed by atoms with E-state index in [1.807, 2.05) is 0 Å². The lowest BCUT2D eigenvalue weighted by Gasteiger charge is -2.15. The van der Waals surface area contributed by atoms with Crippen LogP contribution in [0.5, 0.6) is 0 Å². The first-order valence-corrected chi connectivity index (χ1v) is 4.68. The highest BCUT2D eigenvalue weighted by molar-refractivity contribution is 5.93. The van der Waals surface area contributed by atoms with E-state index in [9.17, 15) is 14.4 Å². The summed E-state index contributed by atoms with van der Waals surface area (Å²) in [7, 11) is 0. The van der Waals surface area contributed by atoms with Crippen LogP contribution >= 0.6 is 0 Å². The lowest BCUT2D eigenvalue weighted by molar-refractivity contribution is -0.129. The number of ketones is 1. The molecule has 0 aromatic carbocycles. The summed E-state index contributed by atoms with van der Waals surface area (Å²) in [5, 5.41) is 4.93. The molecule has 15 heavy (non-hydrogen) atoms. The van der Waals surface area contributed by atoms with Crippen LogP contribution in [0, 0.1) is 0 Å². The number of ether oxygens (including phenoxy) is 1. The van der Waals surface area contributed by atoms with Crippen LogP contribution in [0.3, 0.4) is 0 Å². The molecule has 1 rings (SSSR count). The van der Waals surface area contributed by atoms with E-state index >= 15 is 0 Å². The molecule has 1 aliphatic rings. The minimum atomic E-state index is -0.643. The number of carbonyl (C=O) groups excluding carboxylic acids is 3. The maximum atomic E-state index is 11.4. The lowest BCUT2D eigenvalue weighted by atomic mass is 10.2. The van der Waals surface area contributed by atoms with Gasteiger partial charge in [-0.3, -0.25) is 14.4 Å². The summed E-state index contributed by atoms with van der Waals surface area (Å²) in [6.45, 7) is 3.13.